The molecular formula is C13H22N4O3S. The molecule has 0 aromatic carbocycles. The smallest absolute Gasteiger partial charge is 0.243 e. The Kier molecular flexibility index (Phi) is 5.89. The van der Waals surface area contributed by atoms with Gasteiger partial charge in [-0.2, -0.15) is 0 Å². The van der Waals surface area contributed by atoms with E-state index in [-0.39, 0.29) is 17.5 Å². The molecular weight excluding hydrogens is 292 g/mol. The summed E-state index contributed by atoms with van der Waals surface area (Å²) >= 11 is 0. The zero-order valence-electron chi connectivity index (χ0n) is 12.2. The highest BCUT2D eigenvalue weighted by Gasteiger charge is 2.19. The van der Waals surface area contributed by atoms with Gasteiger partial charge in [0.15, 0.2) is 0 Å². The molecule has 1 saturated heterocycles. The van der Waals surface area contributed by atoms with Crippen molar-refractivity contribution in [2.24, 2.45) is 0 Å². The average Bonchev–Trinajstić information content (AvgIpc) is 2.52. The number of anilines is 1. The van der Waals surface area contributed by atoms with Crippen LogP contribution in [0.3, 0.4) is 0 Å². The summed E-state index contributed by atoms with van der Waals surface area (Å²) in [6.07, 6.45) is 6.55. The van der Waals surface area contributed by atoms with E-state index in [2.05, 4.69) is 20.0 Å². The SMILES string of the molecule is CCCNc1ncc(S(=O)(=O)NCC2CCCCO2)cn1. The summed E-state index contributed by atoms with van der Waals surface area (Å²) in [5.41, 5.74) is 0. The fourth-order valence-corrected chi connectivity index (χ4v) is 2.99. The van der Waals surface area contributed by atoms with Crippen LogP contribution in [0, 0.1) is 0 Å². The van der Waals surface area contributed by atoms with Gasteiger partial charge in [-0.15, -0.1) is 0 Å². The molecule has 8 heteroatoms. The largest absolute Gasteiger partial charge is 0.377 e. The van der Waals surface area contributed by atoms with Crippen LogP contribution in [-0.4, -0.2) is 44.2 Å². The first-order valence-electron chi connectivity index (χ1n) is 7.29. The molecule has 1 aromatic rings. The van der Waals surface area contributed by atoms with Crippen molar-refractivity contribution in [2.75, 3.05) is 25.0 Å². The van der Waals surface area contributed by atoms with Gasteiger partial charge in [-0.25, -0.2) is 23.1 Å². The van der Waals surface area contributed by atoms with Crippen molar-refractivity contribution in [1.29, 1.82) is 0 Å². The second-order valence-electron chi connectivity index (χ2n) is 5.01. The van der Waals surface area contributed by atoms with E-state index in [0.717, 1.165) is 32.2 Å². The van der Waals surface area contributed by atoms with Crippen LogP contribution in [0.2, 0.25) is 0 Å². The lowest BCUT2D eigenvalue weighted by molar-refractivity contribution is 0.0200. The van der Waals surface area contributed by atoms with E-state index in [1.54, 1.807) is 0 Å². The third-order valence-corrected chi connectivity index (χ3v) is 4.62. The molecule has 2 heterocycles. The van der Waals surface area contributed by atoms with Crippen LogP contribution >= 0.6 is 0 Å². The van der Waals surface area contributed by atoms with E-state index < -0.39 is 10.0 Å². The number of rotatable bonds is 7. The number of nitrogens with zero attached hydrogens (tertiary/aromatic N) is 2. The van der Waals surface area contributed by atoms with Gasteiger partial charge in [0.05, 0.1) is 18.5 Å². The van der Waals surface area contributed by atoms with Gasteiger partial charge in [-0.3, -0.25) is 0 Å². The second kappa shape index (κ2) is 7.67. The van der Waals surface area contributed by atoms with Crippen molar-refractivity contribution in [3.8, 4) is 0 Å². The first-order valence-corrected chi connectivity index (χ1v) is 8.77. The Morgan fingerprint density at radius 1 is 1.33 bits per heavy atom. The molecule has 1 aliphatic rings. The van der Waals surface area contributed by atoms with Crippen molar-refractivity contribution in [2.45, 2.75) is 43.6 Å². The van der Waals surface area contributed by atoms with Gasteiger partial charge in [-0.1, -0.05) is 6.92 Å². The van der Waals surface area contributed by atoms with Crippen molar-refractivity contribution in [1.82, 2.24) is 14.7 Å². The Hall–Kier alpha value is -1.25. The molecule has 1 unspecified atom stereocenters. The predicted molar refractivity (Wildman–Crippen MR) is 79.6 cm³/mol. The quantitative estimate of drug-likeness (QED) is 0.784. The summed E-state index contributed by atoms with van der Waals surface area (Å²) in [6, 6.07) is 0. The Labute approximate surface area is 125 Å². The zero-order valence-corrected chi connectivity index (χ0v) is 13.0. The second-order valence-corrected chi connectivity index (χ2v) is 6.78. The molecule has 0 bridgehead atoms. The van der Waals surface area contributed by atoms with Crippen molar-refractivity contribution in [3.63, 3.8) is 0 Å². The van der Waals surface area contributed by atoms with Crippen LogP contribution in [0.25, 0.3) is 0 Å². The fourth-order valence-electron chi connectivity index (χ4n) is 2.04. The fraction of sp³-hybridized carbons (Fsp3) is 0.692. The Bertz CT molecular complexity index is 527. The number of nitrogens with one attached hydrogen (secondary N) is 2. The molecule has 1 fully saturated rings. The van der Waals surface area contributed by atoms with Crippen LogP contribution in [0.5, 0.6) is 0 Å². The summed E-state index contributed by atoms with van der Waals surface area (Å²) < 4.78 is 32.3. The van der Waals surface area contributed by atoms with Crippen LogP contribution in [-0.2, 0) is 14.8 Å². The molecule has 0 spiro atoms. The summed E-state index contributed by atoms with van der Waals surface area (Å²) in [5.74, 6) is 0.436. The average molecular weight is 314 g/mol. The number of hydrogen-bond acceptors (Lipinski definition) is 6. The summed E-state index contributed by atoms with van der Waals surface area (Å²) in [5, 5.41) is 3.00. The third-order valence-electron chi connectivity index (χ3n) is 3.25. The van der Waals surface area contributed by atoms with Gasteiger partial charge in [0.2, 0.25) is 16.0 Å². The number of aromatic nitrogens is 2. The Morgan fingerprint density at radius 3 is 2.71 bits per heavy atom. The normalized spacial score (nSPS) is 19.4. The molecule has 0 aliphatic carbocycles. The van der Waals surface area contributed by atoms with E-state index in [4.69, 9.17) is 4.74 Å². The van der Waals surface area contributed by atoms with Gasteiger partial charge in [-0.05, 0) is 25.7 Å². The maximum absolute atomic E-state index is 12.1. The molecule has 2 N–H and O–H groups in total. The Morgan fingerprint density at radius 2 is 2.10 bits per heavy atom. The minimum absolute atomic E-state index is 0.0417. The van der Waals surface area contributed by atoms with Crippen LogP contribution in [0.15, 0.2) is 17.3 Å². The first kappa shape index (κ1) is 16.1. The molecule has 1 aromatic heterocycles. The lowest BCUT2D eigenvalue weighted by atomic mass is 10.1. The zero-order chi connectivity index (χ0) is 15.1. The molecule has 1 aliphatic heterocycles. The number of hydrogen-bond donors (Lipinski definition) is 2. The molecule has 118 valence electrons. The van der Waals surface area contributed by atoms with E-state index in [1.807, 2.05) is 6.92 Å². The Balaban J connectivity index is 1.91. The van der Waals surface area contributed by atoms with Gasteiger partial charge in [0.25, 0.3) is 0 Å². The molecule has 0 saturated carbocycles. The van der Waals surface area contributed by atoms with E-state index in [0.29, 0.717) is 12.6 Å². The lowest BCUT2D eigenvalue weighted by Gasteiger charge is -2.22. The number of ether oxygens (including phenoxy) is 1. The first-order chi connectivity index (χ1) is 10.1. The van der Waals surface area contributed by atoms with Crippen molar-refractivity contribution < 1.29 is 13.2 Å². The molecule has 7 nitrogen and oxygen atoms in total. The minimum Gasteiger partial charge on any atom is -0.377 e. The highest BCUT2D eigenvalue weighted by molar-refractivity contribution is 7.89. The maximum atomic E-state index is 12.1. The highest BCUT2D eigenvalue weighted by atomic mass is 32.2. The molecule has 21 heavy (non-hydrogen) atoms. The van der Waals surface area contributed by atoms with E-state index >= 15 is 0 Å². The van der Waals surface area contributed by atoms with Crippen LogP contribution in [0.1, 0.15) is 32.6 Å². The third kappa shape index (κ3) is 4.90. The number of sulfonamides is 1. The summed E-state index contributed by atoms with van der Waals surface area (Å²) in [7, 11) is -3.58. The van der Waals surface area contributed by atoms with Crippen molar-refractivity contribution in [3.05, 3.63) is 12.4 Å². The van der Waals surface area contributed by atoms with Gasteiger partial charge >= 0.3 is 0 Å². The van der Waals surface area contributed by atoms with E-state index in [9.17, 15) is 8.42 Å². The highest BCUT2D eigenvalue weighted by Crippen LogP contribution is 2.13. The summed E-state index contributed by atoms with van der Waals surface area (Å²) in [4.78, 5) is 8.08. The summed E-state index contributed by atoms with van der Waals surface area (Å²) in [6.45, 7) is 3.78. The van der Waals surface area contributed by atoms with Gasteiger partial charge < -0.3 is 10.1 Å². The monoisotopic (exact) mass is 314 g/mol. The lowest BCUT2D eigenvalue weighted by Crippen LogP contribution is -2.35. The van der Waals surface area contributed by atoms with Crippen LogP contribution < -0.4 is 10.0 Å². The van der Waals surface area contributed by atoms with E-state index in [1.165, 1.54) is 12.4 Å². The molecule has 1 atom stereocenters. The van der Waals surface area contributed by atoms with Gasteiger partial charge in [0, 0.05) is 19.7 Å². The predicted octanol–water partition coefficient (Wildman–Crippen LogP) is 1.15. The molecule has 2 rings (SSSR count). The van der Waals surface area contributed by atoms with Crippen LogP contribution in [0.4, 0.5) is 5.95 Å². The van der Waals surface area contributed by atoms with Crippen molar-refractivity contribution >= 4 is 16.0 Å². The minimum atomic E-state index is -3.58. The standard InChI is InChI=1S/C13H22N4O3S/c1-2-6-14-13-15-9-12(10-16-13)21(18,19)17-8-11-5-3-4-7-20-11/h9-11,17H,2-8H2,1H3,(H,14,15,16). The van der Waals surface area contributed by atoms with Gasteiger partial charge in [0.1, 0.15) is 4.90 Å². The maximum Gasteiger partial charge on any atom is 0.243 e. The topological polar surface area (TPSA) is 93.2 Å². The molecule has 0 amide bonds. The molecule has 0 radical (unpaired) electrons.